The Kier molecular flexibility index (Phi) is 5.21. The van der Waals surface area contributed by atoms with Crippen LogP contribution < -0.4 is 5.73 Å². The number of hydrogen-bond donors (Lipinski definition) is 1. The Bertz CT molecular complexity index is 126. The maximum absolute atomic E-state index is 5.19. The van der Waals surface area contributed by atoms with Crippen LogP contribution in [0.15, 0.2) is 11.6 Å². The second-order valence-electron chi connectivity index (χ2n) is 1.58. The van der Waals surface area contributed by atoms with Crippen molar-refractivity contribution < 1.29 is 0 Å². The molecule has 0 saturated heterocycles. The van der Waals surface area contributed by atoms with E-state index < -0.39 is 0 Å². The highest BCUT2D eigenvalue weighted by atomic mass is 32.1. The number of nitrogens with zero attached hydrogens (tertiary/aromatic N) is 1. The van der Waals surface area contributed by atoms with Crippen LogP contribution in [0.2, 0.25) is 0 Å². The van der Waals surface area contributed by atoms with Crippen molar-refractivity contribution in [3.05, 3.63) is 11.6 Å². The van der Waals surface area contributed by atoms with Gasteiger partial charge in [-0.3, -0.25) is 0 Å². The van der Waals surface area contributed by atoms with Gasteiger partial charge in [0.1, 0.15) is 0 Å². The van der Waals surface area contributed by atoms with Gasteiger partial charge in [-0.1, -0.05) is 20.3 Å². The van der Waals surface area contributed by atoms with Gasteiger partial charge in [-0.25, -0.2) is 4.98 Å². The van der Waals surface area contributed by atoms with Crippen molar-refractivity contribution >= 4 is 16.5 Å². The first-order valence-electron chi connectivity index (χ1n) is 2.96. The number of nitrogens with two attached hydrogens (primary N) is 1. The summed E-state index contributed by atoms with van der Waals surface area (Å²) in [6.07, 6.45) is 2.93. The molecule has 0 aliphatic heterocycles. The minimum absolute atomic E-state index is 0.634. The van der Waals surface area contributed by atoms with Crippen LogP contribution >= 0.6 is 11.3 Å². The standard InChI is InChI=1S/C3H4N2S.C3H8/c4-3-5-1-2-6-3;1-3-2/h1-2H,(H2,4,5);3H2,1-2H3. The van der Waals surface area contributed by atoms with Gasteiger partial charge in [-0.2, -0.15) is 0 Å². The highest BCUT2D eigenvalue weighted by Crippen LogP contribution is 2.02. The molecule has 1 heterocycles. The van der Waals surface area contributed by atoms with Gasteiger partial charge in [0.25, 0.3) is 0 Å². The van der Waals surface area contributed by atoms with Crippen molar-refractivity contribution in [3.8, 4) is 0 Å². The number of nitrogen functional groups attached to an aromatic ring is 1. The molecule has 1 rings (SSSR count). The lowest BCUT2D eigenvalue weighted by Gasteiger charge is -1.67. The first-order valence-corrected chi connectivity index (χ1v) is 3.84. The highest BCUT2D eigenvalue weighted by molar-refractivity contribution is 7.13. The molecule has 1 aromatic heterocycles. The molecule has 0 aliphatic rings. The Labute approximate surface area is 59.7 Å². The van der Waals surface area contributed by atoms with Crippen molar-refractivity contribution in [2.45, 2.75) is 20.3 Å². The van der Waals surface area contributed by atoms with E-state index >= 15 is 0 Å². The minimum Gasteiger partial charge on any atom is -0.375 e. The molecular weight excluding hydrogens is 132 g/mol. The Morgan fingerprint density at radius 2 is 2.22 bits per heavy atom. The van der Waals surface area contributed by atoms with E-state index in [9.17, 15) is 0 Å². The maximum Gasteiger partial charge on any atom is 0.179 e. The van der Waals surface area contributed by atoms with Crippen molar-refractivity contribution in [1.29, 1.82) is 0 Å². The summed E-state index contributed by atoms with van der Waals surface area (Å²) in [4.78, 5) is 3.71. The van der Waals surface area contributed by atoms with Crippen LogP contribution in [0, 0.1) is 0 Å². The van der Waals surface area contributed by atoms with Crippen LogP contribution in [-0.4, -0.2) is 4.98 Å². The number of aromatic nitrogens is 1. The second-order valence-corrected chi connectivity index (χ2v) is 2.50. The van der Waals surface area contributed by atoms with Gasteiger partial charge in [0.15, 0.2) is 5.13 Å². The summed E-state index contributed by atoms with van der Waals surface area (Å²) in [5.74, 6) is 0. The lowest BCUT2D eigenvalue weighted by atomic mass is 10.6. The third-order valence-electron chi connectivity index (χ3n) is 0.451. The largest absolute Gasteiger partial charge is 0.375 e. The molecule has 3 heteroatoms. The normalized spacial score (nSPS) is 7.78. The first kappa shape index (κ1) is 8.43. The molecule has 0 aromatic carbocycles. The van der Waals surface area contributed by atoms with E-state index in [1.807, 2.05) is 5.38 Å². The smallest absolute Gasteiger partial charge is 0.179 e. The second kappa shape index (κ2) is 5.56. The van der Waals surface area contributed by atoms with Crippen molar-refractivity contribution in [1.82, 2.24) is 4.98 Å². The van der Waals surface area contributed by atoms with Crippen LogP contribution in [-0.2, 0) is 0 Å². The van der Waals surface area contributed by atoms with Crippen LogP contribution in [0.25, 0.3) is 0 Å². The molecule has 0 unspecified atom stereocenters. The molecule has 0 amide bonds. The summed E-state index contributed by atoms with van der Waals surface area (Å²) < 4.78 is 0. The molecule has 52 valence electrons. The zero-order valence-corrected chi connectivity index (χ0v) is 6.61. The van der Waals surface area contributed by atoms with E-state index in [0.717, 1.165) is 0 Å². The van der Waals surface area contributed by atoms with Gasteiger partial charge < -0.3 is 5.73 Å². The molecule has 0 spiro atoms. The van der Waals surface area contributed by atoms with Gasteiger partial charge >= 0.3 is 0 Å². The molecule has 0 aliphatic carbocycles. The van der Waals surface area contributed by atoms with Gasteiger partial charge in [-0.15, -0.1) is 11.3 Å². The lowest BCUT2D eigenvalue weighted by molar-refractivity contribution is 1.09. The number of hydrogen-bond acceptors (Lipinski definition) is 3. The number of rotatable bonds is 0. The van der Waals surface area contributed by atoms with Crippen molar-refractivity contribution in [2.75, 3.05) is 5.73 Å². The Morgan fingerprint density at radius 3 is 2.33 bits per heavy atom. The highest BCUT2D eigenvalue weighted by Gasteiger charge is 1.76. The summed E-state index contributed by atoms with van der Waals surface area (Å²) in [5, 5.41) is 2.48. The molecule has 0 atom stereocenters. The Hall–Kier alpha value is -0.570. The van der Waals surface area contributed by atoms with Crippen LogP contribution in [0.5, 0.6) is 0 Å². The third kappa shape index (κ3) is 5.30. The molecular formula is C6H12N2S. The van der Waals surface area contributed by atoms with Crippen molar-refractivity contribution in [3.63, 3.8) is 0 Å². The summed E-state index contributed by atoms with van der Waals surface area (Å²) in [5.41, 5.74) is 5.19. The Balaban J connectivity index is 0.000000187. The third-order valence-corrected chi connectivity index (χ3v) is 1.06. The van der Waals surface area contributed by atoms with E-state index in [0.29, 0.717) is 5.13 Å². The van der Waals surface area contributed by atoms with Gasteiger partial charge in [0, 0.05) is 11.6 Å². The molecule has 0 radical (unpaired) electrons. The van der Waals surface area contributed by atoms with E-state index in [1.54, 1.807) is 6.20 Å². The molecule has 9 heavy (non-hydrogen) atoms. The summed E-state index contributed by atoms with van der Waals surface area (Å²) in [6.45, 7) is 4.25. The fraction of sp³-hybridized carbons (Fsp3) is 0.500. The number of anilines is 1. The molecule has 0 bridgehead atoms. The van der Waals surface area contributed by atoms with Gasteiger partial charge in [0.2, 0.25) is 0 Å². The van der Waals surface area contributed by atoms with Crippen LogP contribution in [0.4, 0.5) is 5.13 Å². The van der Waals surface area contributed by atoms with E-state index in [1.165, 1.54) is 17.8 Å². The quantitative estimate of drug-likeness (QED) is 0.606. The zero-order chi connectivity index (χ0) is 7.11. The predicted octanol–water partition coefficient (Wildman–Crippen LogP) is 2.14. The molecule has 0 saturated carbocycles. The number of thiazole rings is 1. The Morgan fingerprint density at radius 1 is 1.67 bits per heavy atom. The fourth-order valence-corrected chi connectivity index (χ4v) is 0.617. The maximum atomic E-state index is 5.19. The van der Waals surface area contributed by atoms with Crippen LogP contribution in [0.3, 0.4) is 0 Å². The monoisotopic (exact) mass is 144 g/mol. The van der Waals surface area contributed by atoms with E-state index in [-0.39, 0.29) is 0 Å². The predicted molar refractivity (Wildman–Crippen MR) is 42.5 cm³/mol. The summed E-state index contributed by atoms with van der Waals surface area (Å²) in [7, 11) is 0. The summed E-state index contributed by atoms with van der Waals surface area (Å²) in [6, 6.07) is 0. The molecule has 1 aromatic rings. The molecule has 2 nitrogen and oxygen atoms in total. The molecule has 2 N–H and O–H groups in total. The van der Waals surface area contributed by atoms with Gasteiger partial charge in [-0.05, 0) is 0 Å². The topological polar surface area (TPSA) is 38.9 Å². The SMILES string of the molecule is CCC.Nc1nccs1. The minimum atomic E-state index is 0.634. The van der Waals surface area contributed by atoms with E-state index in [2.05, 4.69) is 18.8 Å². The van der Waals surface area contributed by atoms with Gasteiger partial charge in [0.05, 0.1) is 0 Å². The van der Waals surface area contributed by atoms with E-state index in [4.69, 9.17) is 5.73 Å². The molecule has 0 fully saturated rings. The summed E-state index contributed by atoms with van der Waals surface area (Å²) >= 11 is 1.44. The average molecular weight is 144 g/mol. The lowest BCUT2D eigenvalue weighted by Crippen LogP contribution is -1.77. The van der Waals surface area contributed by atoms with Crippen LogP contribution in [0.1, 0.15) is 20.3 Å². The average Bonchev–Trinajstić information content (AvgIpc) is 2.20. The zero-order valence-electron chi connectivity index (χ0n) is 5.79. The van der Waals surface area contributed by atoms with Crippen molar-refractivity contribution in [2.24, 2.45) is 0 Å². The fourth-order valence-electron chi connectivity index (χ4n) is 0.234. The first-order chi connectivity index (χ1) is 4.31.